The number of carbonyl (C=O) groups excluding carboxylic acids is 1. The number of hydrogen-bond acceptors (Lipinski definition) is 6. The Morgan fingerprint density at radius 3 is 2.41 bits per heavy atom. The molecule has 4 rings (SSSR count). The molecule has 0 aliphatic rings. The third-order valence-corrected chi connectivity index (χ3v) is 5.68. The van der Waals surface area contributed by atoms with Crippen molar-refractivity contribution in [3.8, 4) is 33.6 Å². The number of pyridine rings is 1. The average molecular weight is 441 g/mol. The van der Waals surface area contributed by atoms with Gasteiger partial charge in [0.1, 0.15) is 11.6 Å². The van der Waals surface area contributed by atoms with Crippen molar-refractivity contribution in [1.29, 1.82) is 5.26 Å². The second-order valence-corrected chi connectivity index (χ2v) is 7.80. The summed E-state index contributed by atoms with van der Waals surface area (Å²) in [6, 6.07) is 26.7. The van der Waals surface area contributed by atoms with Crippen molar-refractivity contribution < 1.29 is 14.3 Å². The summed E-state index contributed by atoms with van der Waals surface area (Å²) < 4.78 is 11.4. The monoisotopic (exact) mass is 440 g/mol. The van der Waals surface area contributed by atoms with Gasteiger partial charge in [0.15, 0.2) is 0 Å². The maximum atomic E-state index is 12.8. The molecule has 32 heavy (non-hydrogen) atoms. The minimum absolute atomic E-state index is 0.0964. The van der Waals surface area contributed by atoms with Gasteiger partial charge in [0.25, 0.3) is 0 Å². The van der Waals surface area contributed by atoms with E-state index in [1.54, 1.807) is 19.1 Å². The van der Waals surface area contributed by atoms with Crippen LogP contribution in [-0.2, 0) is 9.53 Å². The highest BCUT2D eigenvalue weighted by molar-refractivity contribution is 7.13. The van der Waals surface area contributed by atoms with Gasteiger partial charge in [0, 0.05) is 11.1 Å². The van der Waals surface area contributed by atoms with Gasteiger partial charge >= 0.3 is 5.97 Å². The van der Waals surface area contributed by atoms with Crippen molar-refractivity contribution >= 4 is 17.3 Å². The van der Waals surface area contributed by atoms with Gasteiger partial charge in [-0.2, -0.15) is 5.26 Å². The van der Waals surface area contributed by atoms with Gasteiger partial charge in [-0.05, 0) is 30.0 Å². The van der Waals surface area contributed by atoms with Gasteiger partial charge in [-0.1, -0.05) is 66.7 Å². The topological polar surface area (TPSA) is 72.2 Å². The zero-order valence-electron chi connectivity index (χ0n) is 17.4. The Morgan fingerprint density at radius 1 is 1.06 bits per heavy atom. The van der Waals surface area contributed by atoms with E-state index in [4.69, 9.17) is 9.47 Å². The van der Waals surface area contributed by atoms with Crippen LogP contribution in [0.1, 0.15) is 24.2 Å². The molecular weight excluding hydrogens is 420 g/mol. The van der Waals surface area contributed by atoms with Crippen molar-refractivity contribution in [3.05, 3.63) is 95.4 Å². The first-order valence-corrected chi connectivity index (χ1v) is 11.0. The molecule has 0 N–H and O–H groups in total. The Bertz CT molecular complexity index is 1230. The molecule has 0 aliphatic carbocycles. The molecule has 2 heterocycles. The van der Waals surface area contributed by atoms with Crippen LogP contribution < -0.4 is 4.74 Å². The highest BCUT2D eigenvalue weighted by Gasteiger charge is 2.27. The van der Waals surface area contributed by atoms with Crippen LogP contribution in [0, 0.1) is 11.3 Å². The first-order chi connectivity index (χ1) is 15.7. The Kier molecular flexibility index (Phi) is 6.59. The van der Waals surface area contributed by atoms with Gasteiger partial charge in [-0.3, -0.25) is 0 Å². The van der Waals surface area contributed by atoms with E-state index >= 15 is 0 Å². The Morgan fingerprint density at radius 2 is 1.78 bits per heavy atom. The molecule has 0 fully saturated rings. The van der Waals surface area contributed by atoms with E-state index in [9.17, 15) is 10.1 Å². The van der Waals surface area contributed by atoms with Gasteiger partial charge in [0.05, 0.1) is 17.2 Å². The zero-order valence-corrected chi connectivity index (χ0v) is 18.2. The summed E-state index contributed by atoms with van der Waals surface area (Å²) >= 11 is 1.54. The fraction of sp³-hybridized carbons (Fsp3) is 0.115. The van der Waals surface area contributed by atoms with E-state index in [1.807, 2.05) is 72.1 Å². The molecule has 0 saturated carbocycles. The molecule has 0 saturated heterocycles. The lowest BCUT2D eigenvalue weighted by Gasteiger charge is -2.19. The van der Waals surface area contributed by atoms with Crippen LogP contribution in [0.5, 0.6) is 5.88 Å². The second-order valence-electron chi connectivity index (χ2n) is 6.85. The van der Waals surface area contributed by atoms with Crippen LogP contribution >= 0.6 is 11.3 Å². The number of carbonyl (C=O) groups is 1. The van der Waals surface area contributed by atoms with E-state index in [2.05, 4.69) is 11.1 Å². The number of nitrogens with zero attached hydrogens (tertiary/aromatic N) is 2. The minimum Gasteiger partial charge on any atom is -0.463 e. The maximum absolute atomic E-state index is 12.8. The number of thiophene rings is 1. The summed E-state index contributed by atoms with van der Waals surface area (Å²) in [5.74, 6) is -0.439. The summed E-state index contributed by atoms with van der Waals surface area (Å²) in [4.78, 5) is 18.3. The second kappa shape index (κ2) is 9.90. The summed E-state index contributed by atoms with van der Waals surface area (Å²) in [6.07, 6.45) is -1.04. The van der Waals surface area contributed by atoms with Crippen molar-refractivity contribution in [2.75, 3.05) is 6.61 Å². The normalized spacial score (nSPS) is 11.4. The van der Waals surface area contributed by atoms with E-state index in [1.165, 1.54) is 11.3 Å². The number of nitriles is 1. The van der Waals surface area contributed by atoms with E-state index in [-0.39, 0.29) is 18.1 Å². The largest absolute Gasteiger partial charge is 0.463 e. The van der Waals surface area contributed by atoms with Crippen LogP contribution in [0.3, 0.4) is 0 Å². The van der Waals surface area contributed by atoms with Crippen molar-refractivity contribution in [1.82, 2.24) is 4.98 Å². The summed E-state index contributed by atoms with van der Waals surface area (Å²) in [5.41, 5.74) is 3.11. The van der Waals surface area contributed by atoms with Crippen molar-refractivity contribution in [2.45, 2.75) is 13.0 Å². The Balaban J connectivity index is 1.87. The quantitative estimate of drug-likeness (QED) is 0.328. The van der Waals surface area contributed by atoms with Crippen LogP contribution in [0.2, 0.25) is 0 Å². The van der Waals surface area contributed by atoms with Crippen molar-refractivity contribution in [3.63, 3.8) is 0 Å². The molecule has 6 heteroatoms. The van der Waals surface area contributed by atoms with Crippen LogP contribution in [0.25, 0.3) is 21.7 Å². The molecule has 4 aromatic rings. The molecule has 0 radical (unpaired) electrons. The number of hydrogen-bond donors (Lipinski definition) is 0. The third kappa shape index (κ3) is 4.53. The van der Waals surface area contributed by atoms with Gasteiger partial charge in [0.2, 0.25) is 12.0 Å². The minimum atomic E-state index is -1.04. The van der Waals surface area contributed by atoms with Crippen LogP contribution in [-0.4, -0.2) is 17.6 Å². The summed E-state index contributed by atoms with van der Waals surface area (Å²) in [6.45, 7) is 1.96. The first kappa shape index (κ1) is 21.3. The van der Waals surface area contributed by atoms with Crippen LogP contribution in [0.4, 0.5) is 0 Å². The molecule has 158 valence electrons. The molecular formula is C26H20N2O3S. The highest BCUT2D eigenvalue weighted by Crippen LogP contribution is 2.36. The average Bonchev–Trinajstić information content (AvgIpc) is 3.38. The summed E-state index contributed by atoms with van der Waals surface area (Å²) in [5, 5.41) is 12.0. The first-order valence-electron chi connectivity index (χ1n) is 10.1. The number of benzene rings is 2. The fourth-order valence-electron chi connectivity index (χ4n) is 3.32. The molecule has 0 aliphatic heterocycles. The number of esters is 1. The van der Waals surface area contributed by atoms with E-state index in [0.29, 0.717) is 16.8 Å². The Labute approximate surface area is 190 Å². The van der Waals surface area contributed by atoms with Gasteiger partial charge in [-0.25, -0.2) is 9.78 Å². The predicted molar refractivity (Wildman–Crippen MR) is 124 cm³/mol. The molecule has 0 bridgehead atoms. The summed E-state index contributed by atoms with van der Waals surface area (Å²) in [7, 11) is 0. The third-order valence-electron chi connectivity index (χ3n) is 4.79. The molecule has 0 spiro atoms. The number of rotatable bonds is 7. The smallest absolute Gasteiger partial charge is 0.352 e. The SMILES string of the molecule is CCOC(=O)C(Oc1nc(-c2cccs2)cc(-c2ccccc2)c1C#N)c1ccccc1. The molecule has 1 atom stereocenters. The lowest BCUT2D eigenvalue weighted by molar-refractivity contribution is -0.151. The van der Waals surface area contributed by atoms with Gasteiger partial charge in [-0.15, -0.1) is 11.3 Å². The molecule has 2 aromatic heterocycles. The molecule has 1 unspecified atom stereocenters. The van der Waals surface area contributed by atoms with E-state index in [0.717, 1.165) is 10.4 Å². The highest BCUT2D eigenvalue weighted by atomic mass is 32.1. The van der Waals surface area contributed by atoms with E-state index < -0.39 is 12.1 Å². The Hall–Kier alpha value is -3.95. The lowest BCUT2D eigenvalue weighted by atomic mass is 10.00. The van der Waals surface area contributed by atoms with Crippen LogP contribution in [0.15, 0.2) is 84.2 Å². The predicted octanol–water partition coefficient (Wildman–Crippen LogP) is 6.03. The zero-order chi connectivity index (χ0) is 22.3. The molecule has 5 nitrogen and oxygen atoms in total. The van der Waals surface area contributed by atoms with Crippen molar-refractivity contribution in [2.24, 2.45) is 0 Å². The number of ether oxygens (including phenoxy) is 2. The standard InChI is InChI=1S/C26H20N2O3S/c1-2-30-26(29)24(19-12-7-4-8-13-19)31-25-21(17-27)20(18-10-5-3-6-11-18)16-22(28-25)23-14-9-15-32-23/h3-16,24H,2H2,1H3. The van der Waals surface area contributed by atoms with Gasteiger partial charge < -0.3 is 9.47 Å². The molecule has 0 amide bonds. The maximum Gasteiger partial charge on any atom is 0.352 e. The fourth-order valence-corrected chi connectivity index (χ4v) is 4.01. The number of aromatic nitrogens is 1. The lowest BCUT2D eigenvalue weighted by Crippen LogP contribution is -2.22. The molecule has 2 aromatic carbocycles.